The molecule has 12 nitrogen and oxygen atoms in total. The zero-order valence-electron chi connectivity index (χ0n) is 17.6. The second kappa shape index (κ2) is 9.30. The van der Waals surface area contributed by atoms with Crippen LogP contribution in [-0.4, -0.2) is 84.8 Å². The Hall–Kier alpha value is -3.65. The lowest BCUT2D eigenvalue weighted by Crippen LogP contribution is -2.71. The average Bonchev–Trinajstić information content (AvgIpc) is 3.38. The number of amides is 3. The number of hydrogen-bond acceptors (Lipinski definition) is 10. The van der Waals surface area contributed by atoms with Crippen LogP contribution in [0, 0.1) is 0 Å². The largest absolute Gasteiger partial charge is 0.477 e. The van der Waals surface area contributed by atoms with E-state index in [1.807, 2.05) is 0 Å². The van der Waals surface area contributed by atoms with E-state index in [0.29, 0.717) is 30.7 Å². The molecule has 0 aromatic carbocycles. The minimum absolute atomic E-state index is 0.0502. The smallest absolute Gasteiger partial charge is 0.352 e. The molecule has 0 bridgehead atoms. The van der Waals surface area contributed by atoms with Crippen molar-refractivity contribution >= 4 is 57.6 Å². The number of likely N-dealkylation sites (tertiary alicyclic amines) is 1. The topological polar surface area (TPSA) is 179 Å². The molecule has 0 radical (unpaired) electrons. The van der Waals surface area contributed by atoms with Crippen LogP contribution >= 0.6 is 23.1 Å². The number of allylic oxidation sites excluding steroid dienone is 1. The number of aromatic nitrogens is 1. The van der Waals surface area contributed by atoms with Gasteiger partial charge in [0, 0.05) is 29.8 Å². The molecule has 3 aliphatic heterocycles. The quantitative estimate of drug-likeness (QED) is 0.0992. The fourth-order valence-electron chi connectivity index (χ4n) is 3.91. The van der Waals surface area contributed by atoms with Gasteiger partial charge in [0.25, 0.3) is 11.8 Å². The highest BCUT2D eigenvalue weighted by molar-refractivity contribution is 8.00. The number of nitrogen functional groups attached to an aromatic ring is 1. The second-order valence-electron chi connectivity index (χ2n) is 7.52. The van der Waals surface area contributed by atoms with Crippen molar-refractivity contribution in [2.75, 3.05) is 24.6 Å². The molecule has 14 heteroatoms. The van der Waals surface area contributed by atoms with Crippen LogP contribution in [0.2, 0.25) is 0 Å². The van der Waals surface area contributed by atoms with Crippen LogP contribution in [0.3, 0.4) is 0 Å². The number of fused-ring (bicyclic) bond motifs is 1. The van der Waals surface area contributed by atoms with E-state index in [2.05, 4.69) is 22.0 Å². The van der Waals surface area contributed by atoms with Crippen LogP contribution in [0.4, 0.5) is 5.13 Å². The van der Waals surface area contributed by atoms with Gasteiger partial charge >= 0.3 is 5.97 Å². The number of nitrogens with one attached hydrogen (secondary N) is 1. The number of carboxylic acid groups (broad SMARTS) is 1. The molecule has 3 aliphatic rings. The minimum Gasteiger partial charge on any atom is -0.477 e. The van der Waals surface area contributed by atoms with E-state index in [9.17, 15) is 29.5 Å². The van der Waals surface area contributed by atoms with Crippen molar-refractivity contribution in [1.82, 2.24) is 20.1 Å². The highest BCUT2D eigenvalue weighted by atomic mass is 32.2. The van der Waals surface area contributed by atoms with Gasteiger partial charge in [-0.1, -0.05) is 11.2 Å². The number of thioether (sulfide) groups is 1. The molecule has 2 saturated heterocycles. The van der Waals surface area contributed by atoms with E-state index >= 15 is 0 Å². The Morgan fingerprint density at radius 1 is 1.41 bits per heavy atom. The van der Waals surface area contributed by atoms with Crippen molar-refractivity contribution < 1.29 is 29.5 Å². The lowest BCUT2D eigenvalue weighted by Gasteiger charge is -2.49. The summed E-state index contributed by atoms with van der Waals surface area (Å²) < 4.78 is 0. The Balaban J connectivity index is 1.53. The maximum absolute atomic E-state index is 12.8. The zero-order valence-corrected chi connectivity index (χ0v) is 19.3. The monoisotopic (exact) mass is 504 g/mol. The van der Waals surface area contributed by atoms with Crippen LogP contribution < -0.4 is 11.1 Å². The van der Waals surface area contributed by atoms with Crippen molar-refractivity contribution in [1.29, 1.82) is 0 Å². The average molecular weight is 505 g/mol. The summed E-state index contributed by atoms with van der Waals surface area (Å²) in [5.41, 5.74) is 5.79. The molecule has 4 heterocycles. The maximum Gasteiger partial charge on any atom is 0.352 e. The van der Waals surface area contributed by atoms with Crippen LogP contribution in [0.25, 0.3) is 0 Å². The normalized spacial score (nSPS) is 23.8. The number of thiazole rings is 1. The Morgan fingerprint density at radius 2 is 2.18 bits per heavy atom. The Kier molecular flexibility index (Phi) is 6.43. The number of carboxylic acids is 1. The van der Waals surface area contributed by atoms with E-state index in [1.54, 1.807) is 17.1 Å². The second-order valence-corrected chi connectivity index (χ2v) is 9.51. The molecule has 178 valence electrons. The predicted molar refractivity (Wildman–Crippen MR) is 124 cm³/mol. The van der Waals surface area contributed by atoms with Crippen LogP contribution in [-0.2, 0) is 19.2 Å². The van der Waals surface area contributed by atoms with Gasteiger partial charge in [0.2, 0.25) is 5.91 Å². The molecule has 34 heavy (non-hydrogen) atoms. The summed E-state index contributed by atoms with van der Waals surface area (Å²) in [6.07, 6.45) is 3.63. The summed E-state index contributed by atoms with van der Waals surface area (Å²) in [7, 11) is 0. The minimum atomic E-state index is -1.31. The van der Waals surface area contributed by atoms with Crippen molar-refractivity contribution in [2.45, 2.75) is 17.8 Å². The maximum atomic E-state index is 12.8. The third-order valence-electron chi connectivity index (χ3n) is 5.48. The SMILES string of the molecule is C=CCN1CCC(=CC2=C(C(=O)O)N3C(=O)[C@@H](NC(=O)C(=NO)c4csc(N)n4)[C@H]3SC2)C1=O. The molecule has 3 amide bonds. The molecule has 4 rings (SSSR count). The lowest BCUT2D eigenvalue weighted by molar-refractivity contribution is -0.150. The van der Waals surface area contributed by atoms with E-state index in [1.165, 1.54) is 17.1 Å². The third kappa shape index (κ3) is 4.05. The van der Waals surface area contributed by atoms with E-state index in [-0.39, 0.29) is 28.2 Å². The first-order valence-corrected chi connectivity index (χ1v) is 12.0. The number of nitrogens with zero attached hydrogens (tertiary/aromatic N) is 4. The van der Waals surface area contributed by atoms with Gasteiger partial charge in [0.15, 0.2) is 10.8 Å². The summed E-state index contributed by atoms with van der Waals surface area (Å²) in [6.45, 7) is 4.53. The molecule has 0 spiro atoms. The summed E-state index contributed by atoms with van der Waals surface area (Å²) in [5, 5.41) is 25.4. The number of aliphatic carboxylic acids is 1. The predicted octanol–water partition coefficient (Wildman–Crippen LogP) is -0.0131. The number of rotatable bonds is 7. The summed E-state index contributed by atoms with van der Waals surface area (Å²) in [4.78, 5) is 56.6. The molecule has 0 saturated carbocycles. The van der Waals surface area contributed by atoms with Crippen LogP contribution in [0.5, 0.6) is 0 Å². The first kappa shape index (κ1) is 23.5. The first-order chi connectivity index (χ1) is 16.3. The van der Waals surface area contributed by atoms with Crippen molar-refractivity contribution in [2.24, 2.45) is 5.16 Å². The van der Waals surface area contributed by atoms with E-state index < -0.39 is 34.9 Å². The number of carbonyl (C=O) groups is 4. The summed E-state index contributed by atoms with van der Waals surface area (Å²) in [6, 6.07) is -1.02. The van der Waals surface area contributed by atoms with Gasteiger partial charge in [-0.25, -0.2) is 9.78 Å². The van der Waals surface area contributed by atoms with Gasteiger partial charge in [0.05, 0.1) is 0 Å². The van der Waals surface area contributed by atoms with E-state index in [4.69, 9.17) is 5.73 Å². The van der Waals surface area contributed by atoms with Crippen molar-refractivity contribution in [3.05, 3.63) is 46.6 Å². The standard InChI is InChI=1S/C20H20N6O6S2/c1-2-4-25-5-3-9(16(25)28)6-10-7-33-18-13(17(29)26(18)14(10)19(30)31)23-15(27)12(24-32)11-8-34-20(21)22-11/h2,6,8,13,18,32H,1,3-5,7H2,(H2,21,22)(H,23,27)(H,30,31)/t13-,18-/m1/s1. The van der Waals surface area contributed by atoms with Crippen molar-refractivity contribution in [3.63, 3.8) is 0 Å². The van der Waals surface area contributed by atoms with Gasteiger partial charge in [0.1, 0.15) is 22.8 Å². The van der Waals surface area contributed by atoms with Gasteiger partial charge in [-0.15, -0.1) is 29.7 Å². The molecule has 5 N–H and O–H groups in total. The number of nitrogens with two attached hydrogens (primary N) is 1. The van der Waals surface area contributed by atoms with Gasteiger partial charge in [-0.05, 0) is 18.1 Å². The van der Waals surface area contributed by atoms with E-state index in [0.717, 1.165) is 16.2 Å². The van der Waals surface area contributed by atoms with Gasteiger partial charge in [-0.3, -0.25) is 19.3 Å². The molecule has 1 aromatic heterocycles. The summed E-state index contributed by atoms with van der Waals surface area (Å²) in [5.74, 6) is -2.74. The molecular weight excluding hydrogens is 484 g/mol. The van der Waals surface area contributed by atoms with Crippen LogP contribution in [0.15, 0.2) is 46.1 Å². The van der Waals surface area contributed by atoms with Crippen LogP contribution in [0.1, 0.15) is 12.1 Å². The Labute approximate surface area is 201 Å². The van der Waals surface area contributed by atoms with Gasteiger partial charge < -0.3 is 26.3 Å². The number of carbonyl (C=O) groups excluding carboxylic acids is 3. The Morgan fingerprint density at radius 3 is 2.79 bits per heavy atom. The third-order valence-corrected chi connectivity index (χ3v) is 7.45. The number of β-lactam (4-membered cyclic amide) rings is 1. The molecule has 0 unspecified atom stereocenters. The molecule has 0 aliphatic carbocycles. The first-order valence-electron chi connectivity index (χ1n) is 10.0. The highest BCUT2D eigenvalue weighted by Gasteiger charge is 2.54. The number of oxime groups is 1. The molecule has 2 fully saturated rings. The number of anilines is 1. The fourth-order valence-corrected chi connectivity index (χ4v) is 5.77. The molecule has 1 aromatic rings. The molecule has 2 atom stereocenters. The lowest BCUT2D eigenvalue weighted by atomic mass is 10.0. The highest BCUT2D eigenvalue weighted by Crippen LogP contribution is 2.41. The summed E-state index contributed by atoms with van der Waals surface area (Å²) >= 11 is 2.31. The number of hydrogen-bond donors (Lipinski definition) is 4. The fraction of sp³-hybridized carbons (Fsp3) is 0.300. The van der Waals surface area contributed by atoms with Gasteiger partial charge in [-0.2, -0.15) is 0 Å². The molecular formula is C20H20N6O6S2. The van der Waals surface area contributed by atoms with Crippen molar-refractivity contribution in [3.8, 4) is 0 Å². The zero-order chi connectivity index (χ0) is 24.6. The Bertz CT molecular complexity index is 1190.